The second-order valence-corrected chi connectivity index (χ2v) is 14.6. The zero-order valence-electron chi connectivity index (χ0n) is 21.7. The Bertz CT molecular complexity index is 982. The highest BCUT2D eigenvalue weighted by Crippen LogP contribution is 2.11. The third-order valence-electron chi connectivity index (χ3n) is 4.83. The van der Waals surface area contributed by atoms with Crippen LogP contribution in [0.15, 0.2) is 9.59 Å². The highest BCUT2D eigenvalue weighted by molar-refractivity contribution is 7.85. The van der Waals surface area contributed by atoms with Gasteiger partial charge in [0.05, 0.1) is 11.4 Å². The van der Waals surface area contributed by atoms with Crippen LogP contribution in [-0.2, 0) is 45.5 Å². The van der Waals surface area contributed by atoms with Crippen LogP contribution >= 0.6 is 0 Å². The quantitative estimate of drug-likeness (QED) is 0.318. The van der Waals surface area contributed by atoms with E-state index in [2.05, 4.69) is 0 Å². The van der Waals surface area contributed by atoms with Gasteiger partial charge in [0.1, 0.15) is 6.61 Å². The molecular weight excluding hydrogens is 496 g/mol. The molecule has 0 fully saturated rings. The van der Waals surface area contributed by atoms with Crippen LogP contribution in [0.1, 0.15) is 47.2 Å². The summed E-state index contributed by atoms with van der Waals surface area (Å²) in [7, 11) is -3.32. The Morgan fingerprint density at radius 2 is 1.12 bits per heavy atom. The lowest BCUT2D eigenvalue weighted by Gasteiger charge is -2.18. The zero-order chi connectivity index (χ0) is 26.0. The number of aromatic nitrogens is 2. The van der Waals surface area contributed by atoms with E-state index < -0.39 is 43.6 Å². The van der Waals surface area contributed by atoms with Gasteiger partial charge in [-0.05, 0) is 24.7 Å². The van der Waals surface area contributed by atoms with E-state index in [1.54, 1.807) is 6.92 Å². The third-order valence-corrected chi connectivity index (χ3v) is 9.85. The first kappa shape index (κ1) is 31.0. The highest BCUT2D eigenvalue weighted by Gasteiger charge is 2.19. The summed E-state index contributed by atoms with van der Waals surface area (Å²) in [6, 6.07) is 0. The molecule has 34 heavy (non-hydrogen) atoms. The van der Waals surface area contributed by atoms with Gasteiger partial charge in [-0.1, -0.05) is 41.5 Å². The number of nitrogens with zero attached hydrogens (tertiary/aromatic N) is 2. The summed E-state index contributed by atoms with van der Waals surface area (Å²) in [4.78, 5) is 26.3. The van der Waals surface area contributed by atoms with E-state index in [0.717, 1.165) is 4.57 Å². The number of hydrogen-bond donors (Lipinski definition) is 0. The number of hydrogen-bond acceptors (Lipinski definition) is 6. The molecular formula is C23H42N2O6S3. The first-order chi connectivity index (χ1) is 15.8. The van der Waals surface area contributed by atoms with Crippen molar-refractivity contribution < 1.29 is 17.4 Å². The van der Waals surface area contributed by atoms with Crippen LogP contribution in [0.2, 0.25) is 0 Å². The van der Waals surface area contributed by atoms with Crippen molar-refractivity contribution in [2.75, 3.05) is 41.1 Å². The van der Waals surface area contributed by atoms with Gasteiger partial charge in [-0.3, -0.25) is 26.6 Å². The minimum absolute atomic E-state index is 0.0159. The number of rotatable bonds is 16. The maximum absolute atomic E-state index is 13.2. The molecule has 8 nitrogen and oxygen atoms in total. The second-order valence-electron chi connectivity index (χ2n) is 9.77. The Hall–Kier alpha value is -1.07. The van der Waals surface area contributed by atoms with Crippen molar-refractivity contribution in [3.8, 4) is 5.75 Å². The largest absolute Gasteiger partial charge is 0.486 e. The molecule has 0 N–H and O–H groups in total. The zero-order valence-corrected chi connectivity index (χ0v) is 24.1. The summed E-state index contributed by atoms with van der Waals surface area (Å²) in [5.41, 5.74) is -0.717. The van der Waals surface area contributed by atoms with E-state index in [4.69, 9.17) is 4.74 Å². The van der Waals surface area contributed by atoms with Crippen molar-refractivity contribution in [2.24, 2.45) is 17.8 Å². The molecule has 1 rings (SSSR count). The first-order valence-electron chi connectivity index (χ1n) is 11.8. The van der Waals surface area contributed by atoms with Gasteiger partial charge in [0.15, 0.2) is 0 Å². The molecule has 3 unspecified atom stereocenters. The maximum atomic E-state index is 13.2. The highest BCUT2D eigenvalue weighted by atomic mass is 32.2. The van der Waals surface area contributed by atoms with E-state index in [-0.39, 0.29) is 54.5 Å². The summed E-state index contributed by atoms with van der Waals surface area (Å²) >= 11 is 0. The Balaban J connectivity index is 3.21. The average molecular weight is 539 g/mol. The molecule has 0 spiro atoms. The Morgan fingerprint density at radius 3 is 1.56 bits per heavy atom. The lowest BCUT2D eigenvalue weighted by molar-refractivity contribution is 0.323. The lowest BCUT2D eigenvalue weighted by atomic mass is 10.3. The maximum Gasteiger partial charge on any atom is 0.331 e. The van der Waals surface area contributed by atoms with Gasteiger partial charge in [0, 0.05) is 74.3 Å². The van der Waals surface area contributed by atoms with Gasteiger partial charge in [-0.15, -0.1) is 0 Å². The molecule has 11 heteroatoms. The molecule has 1 aromatic rings. The fourth-order valence-electron chi connectivity index (χ4n) is 3.39. The van der Waals surface area contributed by atoms with Gasteiger partial charge < -0.3 is 4.74 Å². The molecule has 0 bridgehead atoms. The molecule has 0 radical (unpaired) electrons. The molecule has 0 aliphatic rings. The topological polar surface area (TPSA) is 104 Å². The van der Waals surface area contributed by atoms with E-state index in [0.29, 0.717) is 28.9 Å². The molecule has 0 saturated heterocycles. The average Bonchev–Trinajstić information content (AvgIpc) is 2.68. The van der Waals surface area contributed by atoms with E-state index in [1.807, 2.05) is 41.5 Å². The standard InChI is InChI=1S/C23H42N2O6S3/c1-17(2)14-32(28)11-8-24-20(7)21(31-10-13-34(30)16-19(5)6)22(26)25(23(24)27)9-12-33(29)15-18(3)4/h17-19H,8-16H2,1-7H3. The monoisotopic (exact) mass is 538 g/mol. The normalized spacial score (nSPS) is 14.6. The van der Waals surface area contributed by atoms with Crippen LogP contribution in [0.3, 0.4) is 0 Å². The summed E-state index contributed by atoms with van der Waals surface area (Å²) in [5, 5.41) is 0. The fraction of sp³-hybridized carbons (Fsp3) is 0.826. The van der Waals surface area contributed by atoms with Crippen molar-refractivity contribution in [2.45, 2.75) is 61.6 Å². The molecule has 0 aliphatic carbocycles. The minimum atomic E-state index is -1.16. The van der Waals surface area contributed by atoms with Crippen LogP contribution in [0, 0.1) is 24.7 Å². The van der Waals surface area contributed by atoms with Gasteiger partial charge >= 0.3 is 5.69 Å². The lowest BCUT2D eigenvalue weighted by Crippen LogP contribution is -2.43. The van der Waals surface area contributed by atoms with Crippen molar-refractivity contribution in [3.05, 3.63) is 26.5 Å². The summed E-state index contributed by atoms with van der Waals surface area (Å²) in [6.07, 6.45) is 0. The fourth-order valence-corrected chi connectivity index (χ4v) is 7.16. The Kier molecular flexibility index (Phi) is 13.8. The molecule has 198 valence electrons. The Labute approximate surface area is 211 Å². The van der Waals surface area contributed by atoms with E-state index >= 15 is 0 Å². The van der Waals surface area contributed by atoms with Crippen molar-refractivity contribution in [1.29, 1.82) is 0 Å². The molecule has 1 heterocycles. The van der Waals surface area contributed by atoms with Crippen LogP contribution in [-0.4, -0.2) is 62.9 Å². The second kappa shape index (κ2) is 15.1. The summed E-state index contributed by atoms with van der Waals surface area (Å²) in [6.45, 7) is 13.8. The van der Waals surface area contributed by atoms with E-state index in [1.165, 1.54) is 4.57 Å². The van der Waals surface area contributed by atoms with Gasteiger partial charge in [0.25, 0.3) is 5.56 Å². The van der Waals surface area contributed by atoms with Gasteiger partial charge in [-0.25, -0.2) is 4.79 Å². The summed E-state index contributed by atoms with van der Waals surface area (Å²) < 4.78 is 45.1. The molecule has 0 aliphatic heterocycles. The summed E-state index contributed by atoms with van der Waals surface area (Å²) in [5.74, 6) is 3.18. The SMILES string of the molecule is Cc1c(OCCS(=O)CC(C)C)c(=O)n(CCS(=O)CC(C)C)c(=O)n1CCS(=O)CC(C)C. The molecule has 1 aromatic heterocycles. The molecule has 0 saturated carbocycles. The number of ether oxygens (including phenoxy) is 1. The van der Waals surface area contributed by atoms with Gasteiger partial charge in [-0.2, -0.15) is 0 Å². The molecule has 3 atom stereocenters. The van der Waals surface area contributed by atoms with Gasteiger partial charge in [0.2, 0.25) is 5.75 Å². The first-order valence-corrected chi connectivity index (χ1v) is 16.3. The predicted octanol–water partition coefficient (Wildman–Crippen LogP) is 1.91. The smallest absolute Gasteiger partial charge is 0.331 e. The third kappa shape index (κ3) is 10.7. The Morgan fingerprint density at radius 1 is 0.706 bits per heavy atom. The predicted molar refractivity (Wildman–Crippen MR) is 143 cm³/mol. The van der Waals surface area contributed by atoms with Crippen LogP contribution < -0.4 is 16.0 Å². The molecule has 0 amide bonds. The van der Waals surface area contributed by atoms with Crippen LogP contribution in [0.25, 0.3) is 0 Å². The minimum Gasteiger partial charge on any atom is -0.486 e. The van der Waals surface area contributed by atoms with Crippen LogP contribution in [0.4, 0.5) is 0 Å². The van der Waals surface area contributed by atoms with Crippen molar-refractivity contribution in [1.82, 2.24) is 9.13 Å². The van der Waals surface area contributed by atoms with Crippen molar-refractivity contribution in [3.63, 3.8) is 0 Å². The van der Waals surface area contributed by atoms with Crippen LogP contribution in [0.5, 0.6) is 5.75 Å². The van der Waals surface area contributed by atoms with E-state index in [9.17, 15) is 22.2 Å². The molecule has 0 aromatic carbocycles. The van der Waals surface area contributed by atoms with Crippen molar-refractivity contribution >= 4 is 32.4 Å².